The number of hydrogen-bond acceptors (Lipinski definition) is 2. The fraction of sp³-hybridized carbons (Fsp3) is 0.417. The van der Waals surface area contributed by atoms with Crippen LogP contribution in [0.4, 0.5) is 4.39 Å². The highest BCUT2D eigenvalue weighted by molar-refractivity contribution is 6.31. The Hall–Kier alpha value is -0.840. The lowest BCUT2D eigenvalue weighted by Gasteiger charge is -2.18. The molecule has 1 aromatic carbocycles. The first kappa shape index (κ1) is 15.2. The Bertz CT molecular complexity index is 443. The van der Waals surface area contributed by atoms with Crippen LogP contribution in [0.5, 0.6) is 0 Å². The van der Waals surface area contributed by atoms with Crippen molar-refractivity contribution in [3.8, 4) is 0 Å². The van der Waals surface area contributed by atoms with E-state index in [2.05, 4.69) is 5.32 Å². The van der Waals surface area contributed by atoms with Crippen molar-refractivity contribution in [1.82, 2.24) is 5.32 Å². The van der Waals surface area contributed by atoms with E-state index in [-0.39, 0.29) is 18.3 Å². The molecule has 0 bridgehead atoms. The first-order valence-electron chi connectivity index (χ1n) is 5.48. The smallest absolute Gasteiger partial charge is 0.240 e. The van der Waals surface area contributed by atoms with Gasteiger partial charge in [-0.25, -0.2) is 4.39 Å². The molecule has 1 aliphatic carbocycles. The van der Waals surface area contributed by atoms with E-state index in [0.29, 0.717) is 23.4 Å². The quantitative estimate of drug-likeness (QED) is 0.900. The van der Waals surface area contributed by atoms with Crippen LogP contribution in [0.1, 0.15) is 31.4 Å². The minimum Gasteiger partial charge on any atom is -0.348 e. The van der Waals surface area contributed by atoms with Crippen LogP contribution < -0.4 is 11.1 Å². The van der Waals surface area contributed by atoms with E-state index >= 15 is 0 Å². The van der Waals surface area contributed by atoms with E-state index in [1.165, 1.54) is 12.1 Å². The molecule has 18 heavy (non-hydrogen) atoms. The normalized spacial score (nSPS) is 17.6. The van der Waals surface area contributed by atoms with Crippen LogP contribution in [0.2, 0.25) is 5.02 Å². The van der Waals surface area contributed by atoms with Gasteiger partial charge in [0.1, 0.15) is 5.82 Å². The number of rotatable bonds is 3. The van der Waals surface area contributed by atoms with Crippen LogP contribution in [-0.4, -0.2) is 11.4 Å². The SMILES string of the molecule is CC(NC(=O)C1(N)CC1)c1c(F)cccc1Cl.Cl. The van der Waals surface area contributed by atoms with E-state index in [4.69, 9.17) is 17.3 Å². The summed E-state index contributed by atoms with van der Waals surface area (Å²) in [4.78, 5) is 11.7. The number of benzene rings is 1. The van der Waals surface area contributed by atoms with Crippen LogP contribution in [-0.2, 0) is 4.79 Å². The van der Waals surface area contributed by atoms with Gasteiger partial charge in [-0.1, -0.05) is 17.7 Å². The van der Waals surface area contributed by atoms with Crippen molar-refractivity contribution in [3.05, 3.63) is 34.6 Å². The second-order valence-electron chi connectivity index (χ2n) is 4.49. The highest BCUT2D eigenvalue weighted by atomic mass is 35.5. The molecule has 0 spiro atoms. The van der Waals surface area contributed by atoms with E-state index in [0.717, 1.165) is 0 Å². The van der Waals surface area contributed by atoms with Crippen molar-refractivity contribution in [2.75, 3.05) is 0 Å². The summed E-state index contributed by atoms with van der Waals surface area (Å²) >= 11 is 5.92. The minimum absolute atomic E-state index is 0. The third-order valence-corrected chi connectivity index (χ3v) is 3.35. The van der Waals surface area contributed by atoms with Crippen molar-refractivity contribution >= 4 is 29.9 Å². The lowest BCUT2D eigenvalue weighted by atomic mass is 10.1. The molecule has 1 amide bonds. The molecule has 0 heterocycles. The van der Waals surface area contributed by atoms with Crippen LogP contribution in [0, 0.1) is 5.82 Å². The number of carbonyl (C=O) groups excluding carboxylic acids is 1. The monoisotopic (exact) mass is 292 g/mol. The molecule has 2 rings (SSSR count). The molecule has 1 saturated carbocycles. The Kier molecular flexibility index (Phi) is 4.59. The maximum atomic E-state index is 13.6. The lowest BCUT2D eigenvalue weighted by molar-refractivity contribution is -0.123. The molecule has 0 saturated heterocycles. The predicted molar refractivity (Wildman–Crippen MR) is 71.4 cm³/mol. The molecular formula is C12H15Cl2FN2O. The van der Waals surface area contributed by atoms with Gasteiger partial charge in [0.25, 0.3) is 0 Å². The highest BCUT2D eigenvalue weighted by Gasteiger charge is 2.46. The summed E-state index contributed by atoms with van der Waals surface area (Å²) in [5, 5.41) is 3.00. The molecule has 1 aliphatic rings. The number of nitrogens with two attached hydrogens (primary N) is 1. The van der Waals surface area contributed by atoms with E-state index < -0.39 is 17.4 Å². The zero-order chi connectivity index (χ0) is 12.6. The van der Waals surface area contributed by atoms with E-state index in [1.807, 2.05) is 0 Å². The average Bonchev–Trinajstić information content (AvgIpc) is 2.97. The van der Waals surface area contributed by atoms with Crippen molar-refractivity contribution in [1.29, 1.82) is 0 Å². The number of nitrogens with one attached hydrogen (secondary N) is 1. The third kappa shape index (κ3) is 2.94. The van der Waals surface area contributed by atoms with Crippen molar-refractivity contribution in [2.45, 2.75) is 31.3 Å². The Labute approximate surface area is 116 Å². The van der Waals surface area contributed by atoms with Gasteiger partial charge in [0.15, 0.2) is 0 Å². The molecule has 1 atom stereocenters. The maximum Gasteiger partial charge on any atom is 0.240 e. The van der Waals surface area contributed by atoms with E-state index in [9.17, 15) is 9.18 Å². The van der Waals surface area contributed by atoms with Gasteiger partial charge in [-0.3, -0.25) is 4.79 Å². The third-order valence-electron chi connectivity index (χ3n) is 3.02. The average molecular weight is 293 g/mol. The van der Waals surface area contributed by atoms with Crippen LogP contribution in [0.15, 0.2) is 18.2 Å². The Morgan fingerprint density at radius 2 is 2.17 bits per heavy atom. The van der Waals surface area contributed by atoms with Gasteiger partial charge in [0.05, 0.1) is 11.6 Å². The zero-order valence-electron chi connectivity index (χ0n) is 9.87. The Morgan fingerprint density at radius 1 is 1.56 bits per heavy atom. The zero-order valence-corrected chi connectivity index (χ0v) is 11.4. The Balaban J connectivity index is 0.00000162. The summed E-state index contributed by atoms with van der Waals surface area (Å²) in [7, 11) is 0. The molecule has 1 aromatic rings. The minimum atomic E-state index is -0.758. The standard InChI is InChI=1S/C12H14ClFN2O.ClH/c1-7(16-11(17)12(15)5-6-12)10-8(13)3-2-4-9(10)14;/h2-4,7H,5-6,15H2,1H3,(H,16,17);1H. The predicted octanol–water partition coefficient (Wildman–Crippen LogP) is 2.57. The van der Waals surface area contributed by atoms with Gasteiger partial charge in [-0.05, 0) is 31.9 Å². The number of halogens is 3. The van der Waals surface area contributed by atoms with Gasteiger partial charge in [-0.15, -0.1) is 12.4 Å². The molecule has 0 aromatic heterocycles. The summed E-state index contributed by atoms with van der Waals surface area (Å²) in [6, 6.07) is 3.95. The number of amides is 1. The Morgan fingerprint density at radius 3 is 2.67 bits per heavy atom. The topological polar surface area (TPSA) is 55.1 Å². The first-order valence-corrected chi connectivity index (χ1v) is 5.85. The molecule has 3 N–H and O–H groups in total. The fourth-order valence-electron chi connectivity index (χ4n) is 1.70. The molecule has 1 unspecified atom stereocenters. The van der Waals surface area contributed by atoms with Gasteiger partial charge in [0, 0.05) is 10.6 Å². The maximum absolute atomic E-state index is 13.6. The van der Waals surface area contributed by atoms with Crippen LogP contribution in [0.25, 0.3) is 0 Å². The van der Waals surface area contributed by atoms with Crippen molar-refractivity contribution in [3.63, 3.8) is 0 Å². The lowest BCUT2D eigenvalue weighted by Crippen LogP contribution is -2.43. The van der Waals surface area contributed by atoms with Crippen LogP contribution >= 0.6 is 24.0 Å². The van der Waals surface area contributed by atoms with Crippen molar-refractivity contribution < 1.29 is 9.18 Å². The molecule has 0 radical (unpaired) electrons. The second-order valence-corrected chi connectivity index (χ2v) is 4.89. The summed E-state index contributed by atoms with van der Waals surface area (Å²) in [5.74, 6) is -0.670. The second kappa shape index (κ2) is 5.43. The van der Waals surface area contributed by atoms with Gasteiger partial charge in [-0.2, -0.15) is 0 Å². The summed E-state index contributed by atoms with van der Waals surface area (Å²) < 4.78 is 13.6. The van der Waals surface area contributed by atoms with Crippen LogP contribution in [0.3, 0.4) is 0 Å². The summed E-state index contributed by atoms with van der Waals surface area (Å²) in [6.07, 6.45) is 1.35. The van der Waals surface area contributed by atoms with E-state index in [1.54, 1.807) is 13.0 Å². The molecule has 1 fully saturated rings. The van der Waals surface area contributed by atoms with Gasteiger partial charge >= 0.3 is 0 Å². The van der Waals surface area contributed by atoms with Gasteiger partial charge in [0.2, 0.25) is 5.91 Å². The fourth-order valence-corrected chi connectivity index (χ4v) is 2.03. The summed E-state index contributed by atoms with van der Waals surface area (Å²) in [5.41, 5.74) is 5.29. The number of hydrogen-bond donors (Lipinski definition) is 2. The molecule has 100 valence electrons. The number of carbonyl (C=O) groups is 1. The first-order chi connectivity index (χ1) is 7.94. The largest absolute Gasteiger partial charge is 0.348 e. The summed E-state index contributed by atoms with van der Waals surface area (Å²) in [6.45, 7) is 1.69. The molecular weight excluding hydrogens is 278 g/mol. The molecule has 3 nitrogen and oxygen atoms in total. The molecule has 0 aliphatic heterocycles. The highest BCUT2D eigenvalue weighted by Crippen LogP contribution is 2.33. The van der Waals surface area contributed by atoms with Crippen molar-refractivity contribution in [2.24, 2.45) is 5.73 Å². The van der Waals surface area contributed by atoms with Gasteiger partial charge < -0.3 is 11.1 Å². The molecule has 6 heteroatoms.